The summed E-state index contributed by atoms with van der Waals surface area (Å²) in [6.45, 7) is 0.646. The van der Waals surface area contributed by atoms with Crippen LogP contribution in [-0.2, 0) is 27.9 Å². The number of hydrogen-bond donors (Lipinski definition) is 1. The number of halogens is 1. The number of ether oxygens (including phenoxy) is 2. The highest BCUT2D eigenvalue weighted by molar-refractivity contribution is 7.99. The normalized spacial score (nSPS) is 14.4. The van der Waals surface area contributed by atoms with Crippen molar-refractivity contribution in [2.75, 3.05) is 16.9 Å². The van der Waals surface area contributed by atoms with Gasteiger partial charge >= 0.3 is 0 Å². The molecule has 0 aliphatic carbocycles. The maximum atomic E-state index is 13.7. The highest BCUT2D eigenvalue weighted by atomic mass is 35.5. The van der Waals surface area contributed by atoms with Crippen molar-refractivity contribution in [1.82, 2.24) is 15.3 Å². The Balaban J connectivity index is 1.20. The van der Waals surface area contributed by atoms with Gasteiger partial charge in [0.1, 0.15) is 4.90 Å². The third-order valence-corrected chi connectivity index (χ3v) is 9.07. The maximum Gasteiger partial charge on any atom is 0.268 e. The minimum atomic E-state index is -3.96. The fourth-order valence-electron chi connectivity index (χ4n) is 4.32. The Hall–Kier alpha value is -3.80. The van der Waals surface area contributed by atoms with Crippen LogP contribution in [0.2, 0.25) is 5.02 Å². The summed E-state index contributed by atoms with van der Waals surface area (Å²) >= 11 is 7.39. The van der Waals surface area contributed by atoms with Gasteiger partial charge in [-0.2, -0.15) is 0 Å². The number of anilines is 1. The number of carbonyl (C=O) groups is 1. The van der Waals surface area contributed by atoms with Gasteiger partial charge in [0.15, 0.2) is 16.7 Å². The number of sulfonamides is 1. The van der Waals surface area contributed by atoms with Gasteiger partial charge < -0.3 is 14.8 Å². The lowest BCUT2D eigenvalue weighted by Gasteiger charge is -2.31. The zero-order valence-corrected chi connectivity index (χ0v) is 22.7. The molecule has 39 heavy (non-hydrogen) atoms. The van der Waals surface area contributed by atoms with Crippen molar-refractivity contribution >= 4 is 45.0 Å². The first-order valence-electron chi connectivity index (χ1n) is 11.9. The van der Waals surface area contributed by atoms with E-state index in [0.29, 0.717) is 39.5 Å². The monoisotopic (exact) mass is 580 g/mol. The van der Waals surface area contributed by atoms with Crippen molar-refractivity contribution in [3.63, 3.8) is 0 Å². The van der Waals surface area contributed by atoms with E-state index < -0.39 is 10.0 Å². The van der Waals surface area contributed by atoms with Gasteiger partial charge in [-0.05, 0) is 41.5 Å². The second kappa shape index (κ2) is 10.4. The van der Waals surface area contributed by atoms with Crippen LogP contribution < -0.4 is 19.1 Å². The molecule has 0 spiro atoms. The first-order chi connectivity index (χ1) is 18.9. The van der Waals surface area contributed by atoms with Crippen molar-refractivity contribution in [2.24, 2.45) is 0 Å². The fraction of sp³-hybridized carbons (Fsp3) is 0.148. The molecule has 0 atom stereocenters. The van der Waals surface area contributed by atoms with Gasteiger partial charge in [0.05, 0.1) is 29.9 Å². The van der Waals surface area contributed by atoms with Crippen molar-refractivity contribution < 1.29 is 22.7 Å². The molecule has 3 heterocycles. The molecule has 12 heteroatoms. The Labute approximate surface area is 234 Å². The highest BCUT2D eigenvalue weighted by Gasteiger charge is 2.37. The molecule has 2 aliphatic rings. The summed E-state index contributed by atoms with van der Waals surface area (Å²) in [7, 11) is -3.96. The Morgan fingerprint density at radius 2 is 1.85 bits per heavy atom. The van der Waals surface area contributed by atoms with Crippen LogP contribution in [0.4, 0.5) is 5.69 Å². The smallest absolute Gasteiger partial charge is 0.268 e. The van der Waals surface area contributed by atoms with Crippen molar-refractivity contribution in [3.05, 3.63) is 89.1 Å². The van der Waals surface area contributed by atoms with Gasteiger partial charge in [0.2, 0.25) is 12.7 Å². The van der Waals surface area contributed by atoms with E-state index in [2.05, 4.69) is 15.3 Å². The summed E-state index contributed by atoms with van der Waals surface area (Å²) in [5, 5.41) is 3.56. The van der Waals surface area contributed by atoms with Crippen LogP contribution in [0, 0.1) is 0 Å². The summed E-state index contributed by atoms with van der Waals surface area (Å²) in [5.74, 6) is 1.17. The number of thioether (sulfide) groups is 1. The average molecular weight is 581 g/mol. The standard InChI is InChI=1S/C27H21ClN4O5S2/c28-19-7-8-20-21(11-19)32(14-17-4-2-1-3-5-17)39(34,35)24-13-30-27(31-26(20)24)38-15-25(33)29-12-18-6-9-22-23(10-18)37-16-36-22/h1-11,13H,12,14-16H2,(H,29,33). The average Bonchev–Trinajstić information content (AvgIpc) is 3.41. The maximum absolute atomic E-state index is 13.7. The molecule has 0 fully saturated rings. The summed E-state index contributed by atoms with van der Waals surface area (Å²) < 4.78 is 39.3. The van der Waals surface area contributed by atoms with E-state index >= 15 is 0 Å². The van der Waals surface area contributed by atoms with E-state index in [1.165, 1.54) is 10.5 Å². The number of fused-ring (bicyclic) bond motifs is 4. The molecule has 3 aromatic carbocycles. The number of rotatable bonds is 7. The molecule has 0 radical (unpaired) electrons. The van der Waals surface area contributed by atoms with Crippen LogP contribution in [0.3, 0.4) is 0 Å². The van der Waals surface area contributed by atoms with Gasteiger partial charge in [-0.25, -0.2) is 18.4 Å². The van der Waals surface area contributed by atoms with Gasteiger partial charge in [-0.1, -0.05) is 59.8 Å². The second-order valence-electron chi connectivity index (χ2n) is 8.78. The molecule has 0 saturated heterocycles. The molecule has 6 rings (SSSR count). The van der Waals surface area contributed by atoms with Crippen molar-refractivity contribution in [3.8, 4) is 22.8 Å². The molecular weight excluding hydrogens is 560 g/mol. The van der Waals surface area contributed by atoms with E-state index in [0.717, 1.165) is 22.9 Å². The molecular formula is C27H21ClN4O5S2. The van der Waals surface area contributed by atoms with E-state index in [9.17, 15) is 13.2 Å². The highest BCUT2D eigenvalue weighted by Crippen LogP contribution is 2.44. The molecule has 198 valence electrons. The largest absolute Gasteiger partial charge is 0.454 e. The SMILES string of the molecule is O=C(CSc1ncc2c(n1)-c1ccc(Cl)cc1N(Cc1ccccc1)S2(=O)=O)NCc1ccc2c(c1)OCO2. The number of hydrogen-bond acceptors (Lipinski definition) is 8. The van der Waals surface area contributed by atoms with Gasteiger partial charge in [-0.3, -0.25) is 9.10 Å². The summed E-state index contributed by atoms with van der Waals surface area (Å²) in [6.07, 6.45) is 1.31. The number of amides is 1. The van der Waals surface area contributed by atoms with Crippen LogP contribution in [0.1, 0.15) is 11.1 Å². The zero-order chi connectivity index (χ0) is 27.0. The quantitative estimate of drug-likeness (QED) is 0.249. The first-order valence-corrected chi connectivity index (χ1v) is 14.7. The van der Waals surface area contributed by atoms with Crippen LogP contribution in [0.5, 0.6) is 11.5 Å². The van der Waals surface area contributed by atoms with Crippen LogP contribution in [0.15, 0.2) is 83.0 Å². The Kier molecular flexibility index (Phi) is 6.79. The Morgan fingerprint density at radius 1 is 1.03 bits per heavy atom. The van der Waals surface area contributed by atoms with Crippen LogP contribution in [-0.4, -0.2) is 36.8 Å². The molecule has 9 nitrogen and oxygen atoms in total. The van der Waals surface area contributed by atoms with E-state index in [-0.39, 0.29) is 35.6 Å². The summed E-state index contributed by atoms with van der Waals surface area (Å²) in [5.41, 5.74) is 3.05. The lowest BCUT2D eigenvalue weighted by molar-refractivity contribution is -0.118. The van der Waals surface area contributed by atoms with Gasteiger partial charge in [0, 0.05) is 17.1 Å². The molecule has 0 saturated carbocycles. The molecule has 2 aliphatic heterocycles. The number of benzene rings is 3. The number of nitrogens with one attached hydrogen (secondary N) is 1. The molecule has 1 aromatic heterocycles. The van der Waals surface area contributed by atoms with E-state index in [4.69, 9.17) is 21.1 Å². The minimum Gasteiger partial charge on any atom is -0.454 e. The lowest BCUT2D eigenvalue weighted by Crippen LogP contribution is -2.34. The summed E-state index contributed by atoms with van der Waals surface area (Å²) in [6, 6.07) is 19.9. The fourth-order valence-corrected chi connectivity index (χ4v) is 6.68. The third-order valence-electron chi connectivity index (χ3n) is 6.21. The lowest BCUT2D eigenvalue weighted by atomic mass is 10.1. The van der Waals surface area contributed by atoms with Crippen LogP contribution >= 0.6 is 23.4 Å². The number of nitrogens with zero attached hydrogens (tertiary/aromatic N) is 3. The van der Waals surface area contributed by atoms with Crippen molar-refractivity contribution in [2.45, 2.75) is 23.1 Å². The molecule has 1 N–H and O–H groups in total. The van der Waals surface area contributed by atoms with Gasteiger partial charge in [-0.15, -0.1) is 0 Å². The molecule has 4 aromatic rings. The topological polar surface area (TPSA) is 111 Å². The third kappa shape index (κ3) is 5.12. The van der Waals surface area contributed by atoms with E-state index in [1.807, 2.05) is 42.5 Å². The van der Waals surface area contributed by atoms with Gasteiger partial charge in [0.25, 0.3) is 10.0 Å². The number of carbonyl (C=O) groups excluding carboxylic acids is 1. The predicted molar refractivity (Wildman–Crippen MR) is 147 cm³/mol. The zero-order valence-electron chi connectivity index (χ0n) is 20.3. The minimum absolute atomic E-state index is 0.00450. The van der Waals surface area contributed by atoms with Crippen molar-refractivity contribution in [1.29, 1.82) is 0 Å². The Bertz CT molecular complexity index is 1690. The second-order valence-corrected chi connectivity index (χ2v) is 12.0. The van der Waals surface area contributed by atoms with Crippen LogP contribution in [0.25, 0.3) is 11.3 Å². The predicted octanol–water partition coefficient (Wildman–Crippen LogP) is 4.64. The molecule has 0 bridgehead atoms. The molecule has 1 amide bonds. The number of aromatic nitrogens is 2. The van der Waals surface area contributed by atoms with E-state index in [1.54, 1.807) is 24.3 Å². The Morgan fingerprint density at radius 3 is 2.69 bits per heavy atom. The first kappa shape index (κ1) is 25.5. The summed E-state index contributed by atoms with van der Waals surface area (Å²) in [4.78, 5) is 21.3. The molecule has 0 unspecified atom stereocenters.